The average molecular weight is 247 g/mol. The van der Waals surface area contributed by atoms with E-state index >= 15 is 0 Å². The van der Waals surface area contributed by atoms with Crippen molar-refractivity contribution in [2.45, 2.75) is 59.4 Å². The molecule has 2 nitrogen and oxygen atoms in total. The van der Waals surface area contributed by atoms with Crippen molar-refractivity contribution < 1.29 is 4.79 Å². The minimum absolute atomic E-state index is 0.134. The fourth-order valence-corrected chi connectivity index (χ4v) is 4.17. The predicted octanol–water partition coefficient (Wildman–Crippen LogP) is 4.12. The third kappa shape index (κ3) is 2.07. The lowest BCUT2D eigenvalue weighted by Gasteiger charge is -2.48. The number of isocyanates is 1. The van der Waals surface area contributed by atoms with Gasteiger partial charge in [0.1, 0.15) is 0 Å². The van der Waals surface area contributed by atoms with E-state index in [0.717, 1.165) is 0 Å². The Morgan fingerprint density at radius 2 is 2.17 bits per heavy atom. The van der Waals surface area contributed by atoms with E-state index in [1.807, 2.05) is 6.08 Å². The van der Waals surface area contributed by atoms with Gasteiger partial charge in [0.05, 0.1) is 6.04 Å². The molecule has 2 aliphatic rings. The molecule has 0 radical (unpaired) electrons. The highest BCUT2D eigenvalue weighted by Gasteiger charge is 2.50. The summed E-state index contributed by atoms with van der Waals surface area (Å²) in [5.41, 5.74) is 1.60. The van der Waals surface area contributed by atoms with E-state index in [-0.39, 0.29) is 11.5 Å². The van der Waals surface area contributed by atoms with Crippen molar-refractivity contribution in [2.75, 3.05) is 0 Å². The van der Waals surface area contributed by atoms with Crippen molar-refractivity contribution in [2.24, 2.45) is 28.2 Å². The van der Waals surface area contributed by atoms with E-state index in [1.54, 1.807) is 0 Å². The smallest absolute Gasteiger partial charge is 0.211 e. The Morgan fingerprint density at radius 3 is 2.67 bits per heavy atom. The minimum atomic E-state index is 0.134. The van der Waals surface area contributed by atoms with Gasteiger partial charge in [-0.15, -0.1) is 0 Å². The molecule has 0 heterocycles. The van der Waals surface area contributed by atoms with Gasteiger partial charge in [-0.1, -0.05) is 32.4 Å². The Labute approximate surface area is 111 Å². The van der Waals surface area contributed by atoms with Gasteiger partial charge >= 0.3 is 0 Å². The molecule has 0 N–H and O–H groups in total. The molecular weight excluding hydrogens is 222 g/mol. The third-order valence-corrected chi connectivity index (χ3v) is 5.32. The Bertz CT molecular complexity index is 392. The summed E-state index contributed by atoms with van der Waals surface area (Å²) in [7, 11) is 0. The van der Waals surface area contributed by atoms with Crippen LogP contribution >= 0.6 is 0 Å². The van der Waals surface area contributed by atoms with Crippen LogP contribution in [0, 0.1) is 23.2 Å². The summed E-state index contributed by atoms with van der Waals surface area (Å²) < 4.78 is 0. The van der Waals surface area contributed by atoms with Gasteiger partial charge in [-0.25, -0.2) is 9.79 Å². The second-order valence-electron chi connectivity index (χ2n) is 6.65. The molecule has 0 bridgehead atoms. The number of allylic oxidation sites excluding steroid dienone is 1. The maximum atomic E-state index is 10.9. The molecule has 4 unspecified atom stereocenters. The second-order valence-corrected chi connectivity index (χ2v) is 6.65. The molecule has 1 saturated carbocycles. The fraction of sp³-hybridized carbons (Fsp3) is 0.812. The lowest BCUT2D eigenvalue weighted by atomic mass is 9.58. The normalized spacial score (nSPS) is 39.8. The Hall–Kier alpha value is -0.880. The maximum absolute atomic E-state index is 10.9. The number of nitrogens with zero attached hydrogens (tertiary/aromatic N) is 1. The Balaban J connectivity index is 2.42. The molecular formula is C16H25NO. The van der Waals surface area contributed by atoms with Crippen LogP contribution in [0.2, 0.25) is 0 Å². The second kappa shape index (κ2) is 5.01. The van der Waals surface area contributed by atoms with Crippen LogP contribution in [0.25, 0.3) is 0 Å². The van der Waals surface area contributed by atoms with Crippen molar-refractivity contribution in [3.63, 3.8) is 0 Å². The Kier molecular flexibility index (Phi) is 3.77. The summed E-state index contributed by atoms with van der Waals surface area (Å²) in [5, 5.41) is 0. The number of hydrogen-bond donors (Lipinski definition) is 0. The van der Waals surface area contributed by atoms with Crippen molar-refractivity contribution >= 4 is 6.08 Å². The molecule has 0 aromatic carbocycles. The summed E-state index contributed by atoms with van der Waals surface area (Å²) >= 11 is 0. The first kappa shape index (κ1) is 13.5. The van der Waals surface area contributed by atoms with Gasteiger partial charge < -0.3 is 0 Å². The molecule has 0 aromatic rings. The molecule has 2 rings (SSSR count). The van der Waals surface area contributed by atoms with E-state index in [0.29, 0.717) is 17.8 Å². The van der Waals surface area contributed by atoms with Crippen molar-refractivity contribution in [3.8, 4) is 0 Å². The molecule has 100 valence electrons. The van der Waals surface area contributed by atoms with Crippen molar-refractivity contribution in [1.29, 1.82) is 0 Å². The summed E-state index contributed by atoms with van der Waals surface area (Å²) in [6.45, 7) is 9.06. The topological polar surface area (TPSA) is 29.4 Å². The van der Waals surface area contributed by atoms with Crippen molar-refractivity contribution in [3.05, 3.63) is 11.6 Å². The van der Waals surface area contributed by atoms with Crippen LogP contribution in [-0.2, 0) is 4.79 Å². The standard InChI is InChI=1S/C16H25NO/c1-11(2)14-6-5-13(4)16(15(14)17-10-18)8-7-12(3)9-16/h9,11,13-15H,5-8H2,1-4H3. The van der Waals surface area contributed by atoms with Gasteiger partial charge in [-0.05, 0) is 50.4 Å². The first-order chi connectivity index (χ1) is 8.51. The first-order valence-electron chi connectivity index (χ1n) is 7.26. The van der Waals surface area contributed by atoms with Crippen LogP contribution < -0.4 is 0 Å². The quantitative estimate of drug-likeness (QED) is 0.410. The zero-order valence-electron chi connectivity index (χ0n) is 12.1. The summed E-state index contributed by atoms with van der Waals surface area (Å²) in [6.07, 6.45) is 9.07. The number of hydrogen-bond acceptors (Lipinski definition) is 2. The van der Waals surface area contributed by atoms with Crippen LogP contribution in [0.3, 0.4) is 0 Å². The van der Waals surface area contributed by atoms with Gasteiger partial charge in [0, 0.05) is 5.41 Å². The monoisotopic (exact) mass is 247 g/mol. The van der Waals surface area contributed by atoms with E-state index in [4.69, 9.17) is 0 Å². The average Bonchev–Trinajstić information content (AvgIpc) is 2.69. The molecule has 2 heteroatoms. The van der Waals surface area contributed by atoms with E-state index in [2.05, 4.69) is 38.8 Å². The lowest BCUT2D eigenvalue weighted by molar-refractivity contribution is 0.0642. The van der Waals surface area contributed by atoms with Gasteiger partial charge in [0.2, 0.25) is 6.08 Å². The lowest BCUT2D eigenvalue weighted by Crippen LogP contribution is -2.47. The molecule has 0 amide bonds. The molecule has 4 atom stereocenters. The van der Waals surface area contributed by atoms with Gasteiger partial charge in [0.15, 0.2) is 0 Å². The molecule has 1 spiro atoms. The molecule has 0 aliphatic heterocycles. The van der Waals surface area contributed by atoms with E-state index < -0.39 is 0 Å². The van der Waals surface area contributed by atoms with Crippen LogP contribution in [0.5, 0.6) is 0 Å². The summed E-state index contributed by atoms with van der Waals surface area (Å²) in [4.78, 5) is 15.1. The van der Waals surface area contributed by atoms with Gasteiger partial charge in [0.25, 0.3) is 0 Å². The van der Waals surface area contributed by atoms with Gasteiger partial charge in [-0.2, -0.15) is 0 Å². The maximum Gasteiger partial charge on any atom is 0.235 e. The van der Waals surface area contributed by atoms with E-state index in [1.165, 1.54) is 31.3 Å². The largest absolute Gasteiger partial charge is 0.235 e. The minimum Gasteiger partial charge on any atom is -0.211 e. The van der Waals surface area contributed by atoms with E-state index in [9.17, 15) is 4.79 Å². The molecule has 2 aliphatic carbocycles. The first-order valence-corrected chi connectivity index (χ1v) is 7.26. The number of rotatable bonds is 2. The van der Waals surface area contributed by atoms with Crippen LogP contribution in [0.1, 0.15) is 53.4 Å². The highest BCUT2D eigenvalue weighted by atomic mass is 16.1. The summed E-state index contributed by atoms with van der Waals surface area (Å²) in [6, 6.07) is 0.149. The Morgan fingerprint density at radius 1 is 1.44 bits per heavy atom. The van der Waals surface area contributed by atoms with Gasteiger partial charge in [-0.3, -0.25) is 0 Å². The molecule has 18 heavy (non-hydrogen) atoms. The highest BCUT2D eigenvalue weighted by molar-refractivity contribution is 5.36. The van der Waals surface area contributed by atoms with Crippen molar-refractivity contribution in [1.82, 2.24) is 0 Å². The molecule has 1 fully saturated rings. The highest BCUT2D eigenvalue weighted by Crippen LogP contribution is 2.54. The summed E-state index contributed by atoms with van der Waals surface area (Å²) in [5.74, 6) is 1.75. The number of aliphatic imine (C=N–C) groups is 1. The van der Waals surface area contributed by atoms with Crippen LogP contribution in [-0.4, -0.2) is 12.1 Å². The van der Waals surface area contributed by atoms with Crippen LogP contribution in [0.15, 0.2) is 16.6 Å². The SMILES string of the molecule is CC1=CC2(CC1)C(C)CCC(C(C)C)C2N=C=O. The zero-order chi connectivity index (χ0) is 13.3. The molecule has 0 saturated heterocycles. The fourth-order valence-electron chi connectivity index (χ4n) is 4.17. The third-order valence-electron chi connectivity index (χ3n) is 5.32. The zero-order valence-corrected chi connectivity index (χ0v) is 12.1. The predicted molar refractivity (Wildman–Crippen MR) is 74.1 cm³/mol. The molecule has 0 aromatic heterocycles. The number of carbonyl (C=O) groups excluding carboxylic acids is 1. The van der Waals surface area contributed by atoms with Crippen LogP contribution in [0.4, 0.5) is 0 Å².